The smallest absolute Gasteiger partial charge is 0.317 e. The number of benzene rings is 1. The van der Waals surface area contributed by atoms with E-state index >= 15 is 0 Å². The lowest BCUT2D eigenvalue weighted by atomic mass is 10.1. The summed E-state index contributed by atoms with van der Waals surface area (Å²) in [4.78, 5) is 24.3. The van der Waals surface area contributed by atoms with E-state index in [1.807, 2.05) is 37.3 Å². The van der Waals surface area contributed by atoms with Crippen LogP contribution < -0.4 is 5.32 Å². The van der Waals surface area contributed by atoms with Crippen molar-refractivity contribution in [3.63, 3.8) is 0 Å². The molecular weight excluding hydrogens is 256 g/mol. The van der Waals surface area contributed by atoms with E-state index in [1.54, 1.807) is 14.0 Å². The van der Waals surface area contributed by atoms with Crippen molar-refractivity contribution in [3.8, 4) is 0 Å². The highest BCUT2D eigenvalue weighted by Crippen LogP contribution is 2.16. The fraction of sp³-hybridized carbons (Fsp3) is 0.467. The fourth-order valence-electron chi connectivity index (χ4n) is 1.94. The number of nitrogens with one attached hydrogen (secondary N) is 1. The van der Waals surface area contributed by atoms with Crippen LogP contribution in [0.15, 0.2) is 30.3 Å². The summed E-state index contributed by atoms with van der Waals surface area (Å²) >= 11 is 0. The van der Waals surface area contributed by atoms with Crippen LogP contribution in [0.4, 0.5) is 4.79 Å². The minimum atomic E-state index is -0.903. The maximum Gasteiger partial charge on any atom is 0.317 e. The predicted molar refractivity (Wildman–Crippen MR) is 77.4 cm³/mol. The third kappa shape index (κ3) is 4.57. The van der Waals surface area contributed by atoms with Gasteiger partial charge in [0.15, 0.2) is 0 Å². The Kier molecular flexibility index (Phi) is 6.03. The minimum absolute atomic E-state index is 0.0636. The highest BCUT2D eigenvalue weighted by Gasteiger charge is 2.19. The second-order valence-electron chi connectivity index (χ2n) is 4.94. The summed E-state index contributed by atoms with van der Waals surface area (Å²) < 4.78 is 0. The predicted octanol–water partition coefficient (Wildman–Crippen LogP) is 2.50. The van der Waals surface area contributed by atoms with Crippen molar-refractivity contribution in [3.05, 3.63) is 35.9 Å². The molecule has 1 aromatic carbocycles. The number of hydrogen-bond acceptors (Lipinski definition) is 2. The molecule has 1 rings (SSSR count). The van der Waals surface area contributed by atoms with Gasteiger partial charge >= 0.3 is 12.0 Å². The molecule has 0 aliphatic rings. The van der Waals surface area contributed by atoms with Crippen molar-refractivity contribution in [2.45, 2.75) is 26.3 Å². The Morgan fingerprint density at radius 3 is 2.40 bits per heavy atom. The first-order chi connectivity index (χ1) is 9.45. The second kappa shape index (κ2) is 7.53. The zero-order valence-electron chi connectivity index (χ0n) is 12.2. The van der Waals surface area contributed by atoms with Crippen LogP contribution >= 0.6 is 0 Å². The van der Waals surface area contributed by atoms with E-state index in [4.69, 9.17) is 5.11 Å². The summed E-state index contributed by atoms with van der Waals surface area (Å²) in [7, 11) is 1.60. The van der Waals surface area contributed by atoms with Gasteiger partial charge in [-0.3, -0.25) is 4.79 Å². The number of aliphatic carboxylic acids is 1. The van der Waals surface area contributed by atoms with Crippen molar-refractivity contribution >= 4 is 12.0 Å². The number of carboxylic acids is 1. The number of nitrogens with zero attached hydrogens (tertiary/aromatic N) is 1. The van der Waals surface area contributed by atoms with E-state index in [0.717, 1.165) is 12.0 Å². The molecule has 5 heteroatoms. The Labute approximate surface area is 119 Å². The van der Waals surface area contributed by atoms with E-state index in [9.17, 15) is 9.59 Å². The highest BCUT2D eigenvalue weighted by molar-refractivity contribution is 5.76. The lowest BCUT2D eigenvalue weighted by molar-refractivity contribution is -0.141. The van der Waals surface area contributed by atoms with Gasteiger partial charge in [-0.2, -0.15) is 0 Å². The normalized spacial score (nSPS) is 13.3. The van der Waals surface area contributed by atoms with Gasteiger partial charge in [0, 0.05) is 13.6 Å². The van der Waals surface area contributed by atoms with Crippen LogP contribution in [-0.2, 0) is 4.79 Å². The summed E-state index contributed by atoms with van der Waals surface area (Å²) in [6.45, 7) is 3.77. The van der Waals surface area contributed by atoms with Crippen LogP contribution in [0.1, 0.15) is 31.9 Å². The summed E-state index contributed by atoms with van der Waals surface area (Å²) in [6, 6.07) is 9.40. The van der Waals surface area contributed by atoms with E-state index in [-0.39, 0.29) is 18.6 Å². The second-order valence-corrected chi connectivity index (χ2v) is 4.94. The molecule has 0 saturated carbocycles. The monoisotopic (exact) mass is 278 g/mol. The molecule has 0 bridgehead atoms. The van der Waals surface area contributed by atoms with Crippen molar-refractivity contribution in [2.24, 2.45) is 5.92 Å². The van der Waals surface area contributed by atoms with Gasteiger partial charge in [-0.1, -0.05) is 44.2 Å². The maximum absolute atomic E-state index is 12.1. The molecule has 2 amide bonds. The largest absolute Gasteiger partial charge is 0.481 e. The molecule has 2 N–H and O–H groups in total. The zero-order valence-corrected chi connectivity index (χ0v) is 12.2. The highest BCUT2D eigenvalue weighted by atomic mass is 16.4. The number of carboxylic acid groups (broad SMARTS) is 1. The van der Waals surface area contributed by atoms with Gasteiger partial charge in [0.2, 0.25) is 0 Å². The lowest BCUT2D eigenvalue weighted by Gasteiger charge is -2.24. The van der Waals surface area contributed by atoms with Crippen LogP contribution in [0, 0.1) is 5.92 Å². The number of carbonyl (C=O) groups excluding carboxylic acids is 1. The van der Waals surface area contributed by atoms with Gasteiger partial charge in [0.25, 0.3) is 0 Å². The topological polar surface area (TPSA) is 69.6 Å². The van der Waals surface area contributed by atoms with Gasteiger partial charge < -0.3 is 15.3 Å². The Balaban J connectivity index is 2.61. The SMILES string of the molecule is CCC(NC(=O)N(C)CC(C)C(=O)O)c1ccccc1. The van der Waals surface area contributed by atoms with E-state index in [1.165, 1.54) is 4.90 Å². The standard InChI is InChI=1S/C15H22N2O3/c1-4-13(12-8-6-5-7-9-12)16-15(20)17(3)10-11(2)14(18)19/h5-9,11,13H,4,10H2,1-3H3,(H,16,20)(H,18,19). The average molecular weight is 278 g/mol. The molecule has 2 atom stereocenters. The molecule has 0 saturated heterocycles. The average Bonchev–Trinajstić information content (AvgIpc) is 2.45. The summed E-state index contributed by atoms with van der Waals surface area (Å²) in [5.41, 5.74) is 1.04. The van der Waals surface area contributed by atoms with E-state index in [0.29, 0.717) is 0 Å². The minimum Gasteiger partial charge on any atom is -0.481 e. The van der Waals surface area contributed by atoms with Gasteiger partial charge in [-0.05, 0) is 12.0 Å². The van der Waals surface area contributed by atoms with Crippen LogP contribution in [-0.4, -0.2) is 35.6 Å². The quantitative estimate of drug-likeness (QED) is 0.840. The zero-order chi connectivity index (χ0) is 15.1. The molecule has 5 nitrogen and oxygen atoms in total. The molecule has 0 aromatic heterocycles. The third-order valence-electron chi connectivity index (χ3n) is 3.22. The molecule has 1 aromatic rings. The Morgan fingerprint density at radius 1 is 1.30 bits per heavy atom. The van der Waals surface area contributed by atoms with Crippen molar-refractivity contribution < 1.29 is 14.7 Å². The number of urea groups is 1. The first-order valence-electron chi connectivity index (χ1n) is 6.75. The van der Waals surface area contributed by atoms with Gasteiger partial charge in [-0.15, -0.1) is 0 Å². The first kappa shape index (κ1) is 16.0. The summed E-state index contributed by atoms with van der Waals surface area (Å²) in [6.07, 6.45) is 0.776. The first-order valence-corrected chi connectivity index (χ1v) is 6.75. The van der Waals surface area contributed by atoms with Crippen molar-refractivity contribution in [1.29, 1.82) is 0 Å². The van der Waals surface area contributed by atoms with Crippen LogP contribution in [0.5, 0.6) is 0 Å². The number of rotatable bonds is 6. The van der Waals surface area contributed by atoms with E-state index < -0.39 is 11.9 Å². The Morgan fingerprint density at radius 2 is 1.90 bits per heavy atom. The van der Waals surface area contributed by atoms with Crippen LogP contribution in [0.2, 0.25) is 0 Å². The van der Waals surface area contributed by atoms with Gasteiger partial charge in [0.1, 0.15) is 0 Å². The van der Waals surface area contributed by atoms with Gasteiger partial charge in [-0.25, -0.2) is 4.79 Å². The molecule has 110 valence electrons. The Hall–Kier alpha value is -2.04. The number of hydrogen-bond donors (Lipinski definition) is 2. The summed E-state index contributed by atoms with van der Waals surface area (Å²) in [5.74, 6) is -1.48. The molecule has 2 unspecified atom stereocenters. The number of carbonyl (C=O) groups is 2. The third-order valence-corrected chi connectivity index (χ3v) is 3.22. The molecule has 0 radical (unpaired) electrons. The van der Waals surface area contributed by atoms with Crippen LogP contribution in [0.25, 0.3) is 0 Å². The van der Waals surface area contributed by atoms with Crippen molar-refractivity contribution in [2.75, 3.05) is 13.6 Å². The molecule has 0 spiro atoms. The van der Waals surface area contributed by atoms with Gasteiger partial charge in [0.05, 0.1) is 12.0 Å². The molecule has 0 aliphatic heterocycles. The molecule has 0 fully saturated rings. The van der Waals surface area contributed by atoms with Crippen LogP contribution in [0.3, 0.4) is 0 Å². The molecular formula is C15H22N2O3. The number of amides is 2. The summed E-state index contributed by atoms with van der Waals surface area (Å²) in [5, 5.41) is 11.8. The molecule has 0 aliphatic carbocycles. The Bertz CT molecular complexity index is 448. The van der Waals surface area contributed by atoms with E-state index in [2.05, 4.69) is 5.32 Å². The molecule has 0 heterocycles. The maximum atomic E-state index is 12.1. The lowest BCUT2D eigenvalue weighted by Crippen LogP contribution is -2.42. The van der Waals surface area contributed by atoms with Crippen molar-refractivity contribution in [1.82, 2.24) is 10.2 Å². The fourth-order valence-corrected chi connectivity index (χ4v) is 1.94. The molecule has 20 heavy (non-hydrogen) atoms.